The van der Waals surface area contributed by atoms with Crippen LogP contribution in [0.3, 0.4) is 0 Å². The molecule has 0 spiro atoms. The van der Waals surface area contributed by atoms with E-state index in [2.05, 4.69) is 19.9 Å². The van der Waals surface area contributed by atoms with Crippen molar-refractivity contribution in [2.45, 2.75) is 20.8 Å². The van der Waals surface area contributed by atoms with Crippen LogP contribution < -0.4 is 16.9 Å². The van der Waals surface area contributed by atoms with Gasteiger partial charge in [0.2, 0.25) is 0 Å². The highest BCUT2D eigenvalue weighted by atomic mass is 32.1. The summed E-state index contributed by atoms with van der Waals surface area (Å²) in [4.78, 5) is 41.6. The second-order valence-corrected chi connectivity index (χ2v) is 13.2. The zero-order valence-corrected chi connectivity index (χ0v) is 24.4. The molecule has 0 saturated carbocycles. The number of benzene rings is 3. The Balaban J connectivity index is 1.66. The number of hydrogen-bond donors (Lipinski definition) is 1. The fourth-order valence-electron chi connectivity index (χ4n) is 6.38. The molecule has 0 fully saturated rings. The molecule has 6 aromatic heterocycles. The molecule has 202 valence electrons. The number of nitrogens with two attached hydrogens (primary N) is 1. The van der Waals surface area contributed by atoms with E-state index >= 15 is 0 Å². The summed E-state index contributed by atoms with van der Waals surface area (Å²) < 4.78 is 3.45. The molecule has 0 aliphatic heterocycles. The van der Waals surface area contributed by atoms with E-state index in [1.54, 1.807) is 20.1 Å². The molecule has 0 aliphatic rings. The topological polar surface area (TPSA) is 94.8 Å². The van der Waals surface area contributed by atoms with Crippen molar-refractivity contribution in [1.82, 2.24) is 18.8 Å². The third-order valence-electron chi connectivity index (χ3n) is 8.52. The zero-order valence-electron chi connectivity index (χ0n) is 22.8. The lowest BCUT2D eigenvalue weighted by atomic mass is 10.0. The van der Waals surface area contributed by atoms with Gasteiger partial charge in [-0.15, -0.1) is 22.7 Å². The Bertz CT molecular complexity index is 2550. The van der Waals surface area contributed by atoms with Crippen molar-refractivity contribution < 1.29 is 0 Å². The number of aryl methyl sites for hydroxylation is 3. The first-order valence-electron chi connectivity index (χ1n) is 13.6. The summed E-state index contributed by atoms with van der Waals surface area (Å²) in [5.74, 6) is 0. The van der Waals surface area contributed by atoms with Gasteiger partial charge in [-0.25, -0.2) is 9.97 Å². The highest BCUT2D eigenvalue weighted by Gasteiger charge is 2.30. The van der Waals surface area contributed by atoms with Gasteiger partial charge in [0.25, 0.3) is 11.1 Å². The van der Waals surface area contributed by atoms with Gasteiger partial charge in [-0.3, -0.25) is 18.4 Å². The van der Waals surface area contributed by atoms with E-state index in [9.17, 15) is 9.59 Å². The molecule has 2 N–H and O–H groups in total. The van der Waals surface area contributed by atoms with E-state index in [1.807, 2.05) is 61.5 Å². The maximum absolute atomic E-state index is 14.1. The summed E-state index contributed by atoms with van der Waals surface area (Å²) in [6.45, 7) is 6.16. The number of aromatic nitrogens is 4. The number of fused-ring (bicyclic) bond motifs is 10. The van der Waals surface area contributed by atoms with Gasteiger partial charge in [-0.1, -0.05) is 36.4 Å². The Morgan fingerprint density at radius 1 is 0.643 bits per heavy atom. The fraction of sp³-hybridized carbons (Fsp3) is 0.0909. The Labute approximate surface area is 245 Å². The smallest absolute Gasteiger partial charge is 0.264 e. The molecular weight excluding hydrogens is 563 g/mol. The van der Waals surface area contributed by atoms with Crippen LogP contribution >= 0.6 is 22.7 Å². The van der Waals surface area contributed by atoms with E-state index in [4.69, 9.17) is 15.7 Å². The molecule has 42 heavy (non-hydrogen) atoms. The maximum Gasteiger partial charge on any atom is 0.264 e. The molecule has 0 bridgehead atoms. The van der Waals surface area contributed by atoms with Gasteiger partial charge in [-0.2, -0.15) is 0 Å². The number of imidazole rings is 2. The van der Waals surface area contributed by atoms with Crippen LogP contribution in [0.4, 0.5) is 5.00 Å². The van der Waals surface area contributed by atoms with E-state index in [-0.39, 0.29) is 11.1 Å². The van der Waals surface area contributed by atoms with E-state index in [0.717, 1.165) is 37.2 Å². The van der Waals surface area contributed by atoms with Crippen molar-refractivity contribution in [2.75, 3.05) is 5.73 Å². The minimum absolute atomic E-state index is 0.134. The van der Waals surface area contributed by atoms with Gasteiger partial charge in [0.05, 0.1) is 26.8 Å². The van der Waals surface area contributed by atoms with E-state index < -0.39 is 0 Å². The molecule has 0 aliphatic carbocycles. The second kappa shape index (κ2) is 7.90. The molecule has 9 rings (SSSR count). The lowest BCUT2D eigenvalue weighted by Crippen LogP contribution is -2.08. The first kappa shape index (κ1) is 23.8. The standard InChI is InChI=1S/C33H21N5O2S2/c1-14-12-21(41-16(14)3)23-25-27(37-30(35-25)17-8-4-6-10-19(17)32(37)39)24(22-13-15(2)29(34)42-22)28-26(23)36-31-18-9-5-7-11-20(18)33(40)38(28)31/h4-13H,34H2,1-3H3. The van der Waals surface area contributed by atoms with Crippen molar-refractivity contribution in [3.05, 3.63) is 97.4 Å². The van der Waals surface area contributed by atoms with Gasteiger partial charge in [-0.05, 0) is 56.2 Å². The van der Waals surface area contributed by atoms with Crippen molar-refractivity contribution in [2.24, 2.45) is 0 Å². The van der Waals surface area contributed by atoms with E-state index in [0.29, 0.717) is 49.1 Å². The van der Waals surface area contributed by atoms with E-state index in [1.165, 1.54) is 21.8 Å². The summed E-state index contributed by atoms with van der Waals surface area (Å²) in [5, 5.41) is 3.50. The van der Waals surface area contributed by atoms with Crippen LogP contribution in [0.5, 0.6) is 0 Å². The maximum atomic E-state index is 14.1. The zero-order chi connectivity index (χ0) is 28.6. The van der Waals surface area contributed by atoms with Crippen LogP contribution in [0, 0.1) is 20.8 Å². The number of thiophene rings is 2. The van der Waals surface area contributed by atoms with Crippen molar-refractivity contribution in [1.29, 1.82) is 0 Å². The number of hydrogen-bond acceptors (Lipinski definition) is 7. The van der Waals surface area contributed by atoms with Crippen LogP contribution in [0.25, 0.3) is 75.8 Å². The quantitative estimate of drug-likeness (QED) is 0.233. The largest absolute Gasteiger partial charge is 0.390 e. The average Bonchev–Trinajstić information content (AvgIpc) is 3.81. The number of nitrogen functional groups attached to an aromatic ring is 1. The summed E-state index contributed by atoms with van der Waals surface area (Å²) in [7, 11) is 0. The van der Waals surface area contributed by atoms with Gasteiger partial charge in [0.1, 0.15) is 22.3 Å². The third-order valence-corrected chi connectivity index (χ3v) is 10.8. The van der Waals surface area contributed by atoms with Crippen molar-refractivity contribution in [3.63, 3.8) is 0 Å². The molecule has 0 amide bonds. The van der Waals surface area contributed by atoms with Crippen LogP contribution in [-0.2, 0) is 0 Å². The Kier molecular flexibility index (Phi) is 4.48. The molecule has 0 radical (unpaired) electrons. The van der Waals surface area contributed by atoms with Crippen molar-refractivity contribution >= 4 is 82.6 Å². The lowest BCUT2D eigenvalue weighted by Gasteiger charge is -2.09. The molecular formula is C33H21N5O2S2. The molecule has 9 heteroatoms. The lowest BCUT2D eigenvalue weighted by molar-refractivity contribution is 1.20. The summed E-state index contributed by atoms with van der Waals surface area (Å²) >= 11 is 3.12. The van der Waals surface area contributed by atoms with Crippen LogP contribution in [0.1, 0.15) is 16.0 Å². The van der Waals surface area contributed by atoms with Crippen LogP contribution in [0.15, 0.2) is 70.3 Å². The number of rotatable bonds is 2. The second-order valence-electron chi connectivity index (χ2n) is 10.9. The van der Waals surface area contributed by atoms with Gasteiger partial charge < -0.3 is 5.73 Å². The minimum atomic E-state index is -0.134. The SMILES string of the molecule is Cc1cc(-c2c3nc4c5ccccc5c(=O)n4c3c(-c3cc(C)c(N)s3)c3c2nc2c4ccccc4c(=O)n23)sc1C. The van der Waals surface area contributed by atoms with Crippen LogP contribution in [0.2, 0.25) is 0 Å². The minimum Gasteiger partial charge on any atom is -0.390 e. The Morgan fingerprint density at radius 3 is 1.57 bits per heavy atom. The number of nitrogens with zero attached hydrogens (tertiary/aromatic N) is 4. The molecule has 0 saturated heterocycles. The van der Waals surface area contributed by atoms with Crippen LogP contribution in [-0.4, -0.2) is 18.8 Å². The monoisotopic (exact) mass is 583 g/mol. The average molecular weight is 584 g/mol. The molecule has 3 aromatic carbocycles. The predicted molar refractivity (Wildman–Crippen MR) is 174 cm³/mol. The fourth-order valence-corrected chi connectivity index (χ4v) is 8.45. The first-order valence-corrected chi connectivity index (χ1v) is 15.2. The summed E-state index contributed by atoms with van der Waals surface area (Å²) in [6, 6.07) is 19.3. The third kappa shape index (κ3) is 2.79. The highest BCUT2D eigenvalue weighted by Crippen LogP contribution is 2.48. The molecule has 0 atom stereocenters. The van der Waals surface area contributed by atoms with Gasteiger partial charge in [0.15, 0.2) is 0 Å². The Morgan fingerprint density at radius 2 is 1.12 bits per heavy atom. The van der Waals surface area contributed by atoms with Crippen molar-refractivity contribution in [3.8, 4) is 20.9 Å². The number of anilines is 1. The molecule has 7 nitrogen and oxygen atoms in total. The normalized spacial score (nSPS) is 12.5. The van der Waals surface area contributed by atoms with Gasteiger partial charge >= 0.3 is 0 Å². The Hall–Kier alpha value is -4.86. The summed E-state index contributed by atoms with van der Waals surface area (Å²) in [6.07, 6.45) is 0. The molecule has 6 heterocycles. The van der Waals surface area contributed by atoms with Gasteiger partial charge in [0, 0.05) is 36.5 Å². The highest BCUT2D eigenvalue weighted by molar-refractivity contribution is 7.19. The molecule has 9 aromatic rings. The molecule has 0 unspecified atom stereocenters. The predicted octanol–water partition coefficient (Wildman–Crippen LogP) is 7.16. The first-order chi connectivity index (χ1) is 20.3. The summed E-state index contributed by atoms with van der Waals surface area (Å²) in [5.41, 5.74) is 13.8.